The van der Waals surface area contributed by atoms with Crippen molar-refractivity contribution >= 4 is 23.2 Å². The quantitative estimate of drug-likeness (QED) is 0.434. The van der Waals surface area contributed by atoms with Crippen LogP contribution in [0.1, 0.15) is 32.6 Å². The summed E-state index contributed by atoms with van der Waals surface area (Å²) < 4.78 is 0. The van der Waals surface area contributed by atoms with Crippen LogP contribution >= 0.6 is 23.2 Å². The van der Waals surface area contributed by atoms with Crippen molar-refractivity contribution in [3.05, 3.63) is 5.88 Å². The van der Waals surface area contributed by atoms with E-state index in [2.05, 4.69) is 6.92 Å². The van der Waals surface area contributed by atoms with E-state index >= 15 is 0 Å². The fraction of sp³-hybridized carbons (Fsp3) is 0.857. The summed E-state index contributed by atoms with van der Waals surface area (Å²) in [6.45, 7) is 2.17. The van der Waals surface area contributed by atoms with Gasteiger partial charge in [-0.1, -0.05) is 26.2 Å². The van der Waals surface area contributed by atoms with Crippen LogP contribution in [0.15, 0.2) is 0 Å². The van der Waals surface area contributed by atoms with E-state index in [1.807, 2.05) is 0 Å². The van der Waals surface area contributed by atoms with E-state index in [9.17, 15) is 0 Å². The Morgan fingerprint density at radius 3 is 2.56 bits per heavy atom. The van der Waals surface area contributed by atoms with E-state index in [4.69, 9.17) is 23.2 Å². The highest BCUT2D eigenvalue weighted by molar-refractivity contribution is 6.31. The van der Waals surface area contributed by atoms with Crippen molar-refractivity contribution in [2.75, 3.05) is 0 Å². The normalized spacial score (nSPS) is 13.7. The van der Waals surface area contributed by atoms with Crippen LogP contribution in [0.3, 0.4) is 0 Å². The second-order valence-corrected chi connectivity index (χ2v) is 2.95. The third-order valence-corrected chi connectivity index (χ3v) is 2.00. The molecular weight excluding hydrogens is 155 g/mol. The fourth-order valence-corrected chi connectivity index (χ4v) is 0.933. The molecule has 0 N–H and O–H groups in total. The summed E-state index contributed by atoms with van der Waals surface area (Å²) in [5, 5.41) is 0.0678. The van der Waals surface area contributed by atoms with Gasteiger partial charge in [0, 0.05) is 0 Å². The van der Waals surface area contributed by atoms with Crippen LogP contribution in [-0.4, -0.2) is 5.38 Å². The molecule has 0 aromatic heterocycles. The van der Waals surface area contributed by atoms with Gasteiger partial charge in [-0.15, -0.1) is 23.2 Å². The molecule has 0 aliphatic rings. The molecule has 0 aliphatic carbocycles. The monoisotopic (exact) mass is 167 g/mol. The Hall–Kier alpha value is 0.580. The van der Waals surface area contributed by atoms with Crippen LogP contribution < -0.4 is 0 Å². The summed E-state index contributed by atoms with van der Waals surface area (Å²) in [4.78, 5) is 0. The van der Waals surface area contributed by atoms with Crippen LogP contribution in [0, 0.1) is 5.88 Å². The molecule has 0 fully saturated rings. The largest absolute Gasteiger partial charge is 0.121 e. The van der Waals surface area contributed by atoms with E-state index in [-0.39, 0.29) is 5.38 Å². The second kappa shape index (κ2) is 6.70. The minimum absolute atomic E-state index is 0.0678. The summed E-state index contributed by atoms with van der Waals surface area (Å²) in [6, 6.07) is 0. The molecule has 1 unspecified atom stereocenters. The second-order valence-electron chi connectivity index (χ2n) is 2.14. The van der Waals surface area contributed by atoms with Crippen LogP contribution in [0.25, 0.3) is 0 Å². The summed E-state index contributed by atoms with van der Waals surface area (Å²) in [5.74, 6) is 1.53. The van der Waals surface area contributed by atoms with Gasteiger partial charge in [-0.2, -0.15) is 0 Å². The molecule has 0 bridgehead atoms. The van der Waals surface area contributed by atoms with Crippen molar-refractivity contribution in [3.8, 4) is 0 Å². The van der Waals surface area contributed by atoms with Gasteiger partial charge in [0.15, 0.2) is 0 Å². The minimum Gasteiger partial charge on any atom is -0.121 e. The van der Waals surface area contributed by atoms with Gasteiger partial charge >= 0.3 is 0 Å². The minimum atomic E-state index is 0.0678. The maximum atomic E-state index is 5.71. The van der Waals surface area contributed by atoms with E-state index in [1.54, 1.807) is 0 Å². The topological polar surface area (TPSA) is 0 Å². The van der Waals surface area contributed by atoms with Gasteiger partial charge in [0.1, 0.15) is 0 Å². The first-order valence-electron chi connectivity index (χ1n) is 3.39. The molecule has 0 aliphatic heterocycles. The molecule has 0 amide bonds. The SMILES string of the molecule is CCCCCC(Cl)[CH]Cl. The maximum absolute atomic E-state index is 5.71. The standard InChI is InChI=1S/C7H13Cl2/c1-2-3-4-5-7(9)6-8/h6-7H,2-5H2,1H3. The van der Waals surface area contributed by atoms with E-state index in [0.29, 0.717) is 0 Å². The van der Waals surface area contributed by atoms with E-state index in [1.165, 1.54) is 25.1 Å². The number of unbranched alkanes of at least 4 members (excludes halogenated alkanes) is 2. The molecule has 0 aromatic rings. The van der Waals surface area contributed by atoms with Crippen molar-refractivity contribution in [2.24, 2.45) is 0 Å². The zero-order chi connectivity index (χ0) is 7.11. The summed E-state index contributed by atoms with van der Waals surface area (Å²) in [7, 11) is 0. The lowest BCUT2D eigenvalue weighted by atomic mass is 10.2. The van der Waals surface area contributed by atoms with E-state index < -0.39 is 0 Å². The Balaban J connectivity index is 2.88. The first-order valence-corrected chi connectivity index (χ1v) is 4.26. The average Bonchev–Trinajstić information content (AvgIpc) is 1.89. The van der Waals surface area contributed by atoms with Gasteiger partial charge in [0.05, 0.1) is 11.3 Å². The van der Waals surface area contributed by atoms with E-state index in [0.717, 1.165) is 6.42 Å². The molecule has 2 heteroatoms. The highest BCUT2D eigenvalue weighted by atomic mass is 35.5. The average molecular weight is 168 g/mol. The Bertz CT molecular complexity index is 54.9. The first-order chi connectivity index (χ1) is 4.31. The molecule has 0 rings (SSSR count). The number of alkyl halides is 1. The molecule has 0 nitrogen and oxygen atoms in total. The third kappa shape index (κ3) is 6.47. The van der Waals surface area contributed by atoms with Crippen LogP contribution in [0.4, 0.5) is 0 Å². The van der Waals surface area contributed by atoms with Gasteiger partial charge < -0.3 is 0 Å². The lowest BCUT2D eigenvalue weighted by molar-refractivity contribution is 0.674. The van der Waals surface area contributed by atoms with Crippen molar-refractivity contribution in [1.29, 1.82) is 0 Å². The van der Waals surface area contributed by atoms with Crippen LogP contribution in [0.2, 0.25) is 0 Å². The molecule has 9 heavy (non-hydrogen) atoms. The number of halogens is 2. The maximum Gasteiger partial charge on any atom is 0.0677 e. The molecule has 0 heterocycles. The molecule has 0 saturated heterocycles. The summed E-state index contributed by atoms with van der Waals surface area (Å²) in [6.07, 6.45) is 4.70. The lowest BCUT2D eigenvalue weighted by Gasteiger charge is -2.01. The van der Waals surface area contributed by atoms with Gasteiger partial charge in [0.2, 0.25) is 0 Å². The molecular formula is C7H13Cl2. The molecule has 1 radical (unpaired) electrons. The Morgan fingerprint density at radius 1 is 1.44 bits per heavy atom. The van der Waals surface area contributed by atoms with Crippen LogP contribution in [-0.2, 0) is 0 Å². The van der Waals surface area contributed by atoms with Crippen molar-refractivity contribution in [3.63, 3.8) is 0 Å². The highest BCUT2D eigenvalue weighted by Gasteiger charge is 2.00. The summed E-state index contributed by atoms with van der Waals surface area (Å²) in [5.41, 5.74) is 0. The zero-order valence-corrected chi connectivity index (χ0v) is 7.25. The Labute approximate surface area is 67.5 Å². The first kappa shape index (κ1) is 9.58. The number of hydrogen-bond donors (Lipinski definition) is 0. The predicted molar refractivity (Wildman–Crippen MR) is 43.9 cm³/mol. The van der Waals surface area contributed by atoms with Crippen LogP contribution in [0.5, 0.6) is 0 Å². The molecule has 1 atom stereocenters. The lowest BCUT2D eigenvalue weighted by Crippen LogP contribution is -1.93. The Morgan fingerprint density at radius 2 is 2.11 bits per heavy atom. The van der Waals surface area contributed by atoms with Crippen molar-refractivity contribution < 1.29 is 0 Å². The smallest absolute Gasteiger partial charge is 0.0677 e. The number of hydrogen-bond acceptors (Lipinski definition) is 0. The molecule has 0 aromatic carbocycles. The zero-order valence-electron chi connectivity index (χ0n) is 5.74. The third-order valence-electron chi connectivity index (χ3n) is 1.22. The number of rotatable bonds is 5. The fourth-order valence-electron chi connectivity index (χ4n) is 0.652. The van der Waals surface area contributed by atoms with Gasteiger partial charge in [-0.25, -0.2) is 0 Å². The predicted octanol–water partition coefficient (Wildman–Crippen LogP) is 3.57. The summed E-state index contributed by atoms with van der Waals surface area (Å²) >= 11 is 11.1. The van der Waals surface area contributed by atoms with Gasteiger partial charge in [-0.05, 0) is 6.42 Å². The molecule has 55 valence electrons. The van der Waals surface area contributed by atoms with Gasteiger partial charge in [0.25, 0.3) is 0 Å². The highest BCUT2D eigenvalue weighted by Crippen LogP contribution is 2.12. The Kier molecular flexibility index (Phi) is 7.13. The van der Waals surface area contributed by atoms with Crippen molar-refractivity contribution in [2.45, 2.75) is 38.0 Å². The molecule has 0 saturated carbocycles. The molecule has 0 spiro atoms. The van der Waals surface area contributed by atoms with Crippen molar-refractivity contribution in [1.82, 2.24) is 0 Å². The van der Waals surface area contributed by atoms with Gasteiger partial charge in [-0.3, -0.25) is 0 Å².